The molecule has 0 spiro atoms. The zero-order chi connectivity index (χ0) is 17.4. The highest BCUT2D eigenvalue weighted by molar-refractivity contribution is 9.09. The summed E-state index contributed by atoms with van der Waals surface area (Å²) in [5.74, 6) is 1.79. The molecule has 0 aliphatic rings. The maximum Gasteiger partial charge on any atom is 0.140 e. The summed E-state index contributed by atoms with van der Waals surface area (Å²) in [4.78, 5) is 0.910. The van der Waals surface area contributed by atoms with Crippen LogP contribution in [-0.2, 0) is 6.42 Å². The molecule has 0 unspecified atom stereocenters. The molecule has 0 radical (unpaired) electrons. The maximum absolute atomic E-state index is 5.74. The minimum Gasteiger partial charge on any atom is -0.496 e. The fourth-order valence-electron chi connectivity index (χ4n) is 3.19. The number of methoxy groups -OCH3 is 2. The molecule has 4 heteroatoms. The van der Waals surface area contributed by atoms with Crippen LogP contribution in [0.1, 0.15) is 44.1 Å². The van der Waals surface area contributed by atoms with Crippen molar-refractivity contribution in [2.24, 2.45) is 0 Å². The van der Waals surface area contributed by atoms with Gasteiger partial charge in [-0.1, -0.05) is 65.9 Å². The van der Waals surface area contributed by atoms with Gasteiger partial charge in [-0.15, -0.1) is 12.6 Å². The van der Waals surface area contributed by atoms with Gasteiger partial charge in [0, 0.05) is 21.7 Å². The zero-order valence-corrected chi connectivity index (χ0v) is 17.1. The Balaban J connectivity index is 2.15. The average Bonchev–Trinajstić information content (AvgIpc) is 2.61. The second-order valence-corrected chi connectivity index (χ2v) is 7.24. The lowest BCUT2D eigenvalue weighted by Crippen LogP contribution is -1.99. The highest BCUT2D eigenvalue weighted by atomic mass is 79.9. The third-order valence-electron chi connectivity index (χ3n) is 4.41. The smallest absolute Gasteiger partial charge is 0.140 e. The number of rotatable bonds is 10. The van der Waals surface area contributed by atoms with E-state index in [9.17, 15) is 0 Å². The lowest BCUT2D eigenvalue weighted by molar-refractivity contribution is 0.396. The summed E-state index contributed by atoms with van der Waals surface area (Å²) in [5.41, 5.74) is 1.16. The summed E-state index contributed by atoms with van der Waals surface area (Å²) in [6.07, 6.45) is 8.57. The molecule has 2 rings (SSSR count). The first kappa shape index (κ1) is 19.5. The van der Waals surface area contributed by atoms with Crippen molar-refractivity contribution >= 4 is 39.3 Å². The van der Waals surface area contributed by atoms with Crippen LogP contribution in [0.25, 0.3) is 10.8 Å². The highest BCUT2D eigenvalue weighted by Crippen LogP contribution is 2.43. The largest absolute Gasteiger partial charge is 0.496 e. The number of hydrogen-bond acceptors (Lipinski definition) is 3. The molecule has 0 N–H and O–H groups in total. The predicted octanol–water partition coefficient (Wildman–Crippen LogP) is 6.42. The third kappa shape index (κ3) is 4.60. The summed E-state index contributed by atoms with van der Waals surface area (Å²) in [7, 11) is 3.45. The lowest BCUT2D eigenvalue weighted by Gasteiger charge is -2.18. The van der Waals surface area contributed by atoms with Gasteiger partial charge in [-0.25, -0.2) is 0 Å². The van der Waals surface area contributed by atoms with Crippen LogP contribution >= 0.6 is 28.6 Å². The van der Waals surface area contributed by atoms with Gasteiger partial charge in [0.25, 0.3) is 0 Å². The van der Waals surface area contributed by atoms with Gasteiger partial charge in [-0.05, 0) is 19.3 Å². The minimum atomic E-state index is 0.849. The first-order valence-electron chi connectivity index (χ1n) is 8.65. The molecule has 0 aromatic heterocycles. The molecule has 2 aromatic rings. The Bertz CT molecular complexity index is 658. The van der Waals surface area contributed by atoms with Crippen molar-refractivity contribution in [3.63, 3.8) is 0 Å². The van der Waals surface area contributed by atoms with Crippen molar-refractivity contribution in [2.45, 2.75) is 49.8 Å². The van der Waals surface area contributed by atoms with Gasteiger partial charge < -0.3 is 9.47 Å². The number of halogens is 1. The number of unbranched alkanes of at least 4 members (excludes halogenated alkanes) is 5. The summed E-state index contributed by atoms with van der Waals surface area (Å²) in [6.45, 7) is 0. The molecule has 132 valence electrons. The number of ether oxygens (including phenoxy) is 2. The van der Waals surface area contributed by atoms with Crippen molar-refractivity contribution < 1.29 is 9.47 Å². The Morgan fingerprint density at radius 1 is 0.833 bits per heavy atom. The van der Waals surface area contributed by atoms with E-state index in [2.05, 4.69) is 28.1 Å². The fourth-order valence-corrected chi connectivity index (χ4v) is 4.01. The SMILES string of the molecule is COc1c(S)c(CCCCCCCCBr)c(OC)c2ccccc12. The Morgan fingerprint density at radius 3 is 1.96 bits per heavy atom. The summed E-state index contributed by atoms with van der Waals surface area (Å²) >= 11 is 8.24. The standard InChI is InChI=1S/C20H27BrO2S/c1-22-18-15-11-8-9-12-16(15)19(23-2)20(24)17(18)13-7-5-3-4-6-10-14-21/h8-9,11-12,24H,3-7,10,13-14H2,1-2H3. The number of alkyl halides is 1. The first-order valence-corrected chi connectivity index (χ1v) is 10.2. The zero-order valence-electron chi connectivity index (χ0n) is 14.6. The molecule has 0 fully saturated rings. The van der Waals surface area contributed by atoms with Gasteiger partial charge >= 0.3 is 0 Å². The molecule has 0 atom stereocenters. The van der Waals surface area contributed by atoms with Gasteiger partial charge in [0.1, 0.15) is 11.5 Å². The molecule has 0 amide bonds. The minimum absolute atomic E-state index is 0.849. The normalized spacial score (nSPS) is 11.0. The van der Waals surface area contributed by atoms with E-state index in [-0.39, 0.29) is 0 Å². The number of thiol groups is 1. The van der Waals surface area contributed by atoms with Gasteiger partial charge in [-0.3, -0.25) is 0 Å². The summed E-state index contributed by atoms with van der Waals surface area (Å²) < 4.78 is 11.4. The number of benzene rings is 2. The van der Waals surface area contributed by atoms with Crippen LogP contribution in [0, 0.1) is 0 Å². The Morgan fingerprint density at radius 2 is 1.38 bits per heavy atom. The van der Waals surface area contributed by atoms with E-state index in [0.717, 1.165) is 50.9 Å². The molecular formula is C20H27BrO2S. The van der Waals surface area contributed by atoms with Crippen LogP contribution in [0.4, 0.5) is 0 Å². The van der Waals surface area contributed by atoms with Gasteiger partial charge in [-0.2, -0.15) is 0 Å². The van der Waals surface area contributed by atoms with E-state index in [4.69, 9.17) is 22.1 Å². The molecule has 0 saturated heterocycles. The molecule has 0 aliphatic carbocycles. The van der Waals surface area contributed by atoms with Crippen molar-refractivity contribution in [3.05, 3.63) is 29.8 Å². The first-order chi connectivity index (χ1) is 11.7. The highest BCUT2D eigenvalue weighted by Gasteiger charge is 2.18. The molecule has 24 heavy (non-hydrogen) atoms. The molecule has 0 aliphatic heterocycles. The molecule has 2 nitrogen and oxygen atoms in total. The molecule has 2 aromatic carbocycles. The van der Waals surface area contributed by atoms with E-state index in [1.54, 1.807) is 14.2 Å². The Labute approximate surface area is 159 Å². The van der Waals surface area contributed by atoms with Crippen molar-refractivity contribution in [1.82, 2.24) is 0 Å². The van der Waals surface area contributed by atoms with Gasteiger partial charge in [0.05, 0.1) is 19.1 Å². The monoisotopic (exact) mass is 410 g/mol. The summed E-state index contributed by atoms with van der Waals surface area (Å²) in [6, 6.07) is 8.21. The molecule has 0 heterocycles. The Hall–Kier alpha value is -0.870. The van der Waals surface area contributed by atoms with E-state index in [1.165, 1.54) is 32.1 Å². The second-order valence-electron chi connectivity index (χ2n) is 6.00. The molecule has 0 saturated carbocycles. The van der Waals surface area contributed by atoms with Crippen LogP contribution in [0.3, 0.4) is 0 Å². The van der Waals surface area contributed by atoms with E-state index >= 15 is 0 Å². The average molecular weight is 411 g/mol. The molecular weight excluding hydrogens is 384 g/mol. The maximum atomic E-state index is 5.74. The Kier molecular flexibility index (Phi) is 8.26. The van der Waals surface area contributed by atoms with E-state index < -0.39 is 0 Å². The van der Waals surface area contributed by atoms with Crippen molar-refractivity contribution in [3.8, 4) is 11.5 Å². The van der Waals surface area contributed by atoms with Gasteiger partial charge in [0.15, 0.2) is 0 Å². The van der Waals surface area contributed by atoms with Crippen LogP contribution in [0.5, 0.6) is 11.5 Å². The van der Waals surface area contributed by atoms with Crippen LogP contribution in [0.2, 0.25) is 0 Å². The fraction of sp³-hybridized carbons (Fsp3) is 0.500. The lowest BCUT2D eigenvalue weighted by atomic mass is 9.99. The van der Waals surface area contributed by atoms with E-state index in [0.29, 0.717) is 0 Å². The quantitative estimate of drug-likeness (QED) is 0.276. The van der Waals surface area contributed by atoms with Crippen LogP contribution in [-0.4, -0.2) is 19.5 Å². The molecule has 0 bridgehead atoms. The van der Waals surface area contributed by atoms with Crippen LogP contribution in [0.15, 0.2) is 29.2 Å². The van der Waals surface area contributed by atoms with Gasteiger partial charge in [0.2, 0.25) is 0 Å². The van der Waals surface area contributed by atoms with E-state index in [1.807, 2.05) is 12.1 Å². The predicted molar refractivity (Wildman–Crippen MR) is 110 cm³/mol. The third-order valence-corrected chi connectivity index (χ3v) is 5.44. The van der Waals surface area contributed by atoms with Crippen LogP contribution < -0.4 is 9.47 Å². The van der Waals surface area contributed by atoms with Crippen molar-refractivity contribution in [2.75, 3.05) is 19.5 Å². The summed E-state index contributed by atoms with van der Waals surface area (Å²) in [5, 5.41) is 3.27. The number of fused-ring (bicyclic) bond motifs is 1. The number of hydrogen-bond donors (Lipinski definition) is 1. The van der Waals surface area contributed by atoms with Crippen molar-refractivity contribution in [1.29, 1.82) is 0 Å². The topological polar surface area (TPSA) is 18.5 Å². The second kappa shape index (κ2) is 10.2.